The normalized spacial score (nSPS) is 15.6. The molecule has 9 nitrogen and oxygen atoms in total. The molecule has 10 heteroatoms. The van der Waals surface area contributed by atoms with Crippen molar-refractivity contribution in [1.82, 2.24) is 10.2 Å². The number of amidine groups is 1. The fourth-order valence-corrected chi connectivity index (χ4v) is 4.72. The van der Waals surface area contributed by atoms with Crippen LogP contribution in [0.4, 0.5) is 16.2 Å². The zero-order chi connectivity index (χ0) is 24.7. The van der Waals surface area contributed by atoms with Gasteiger partial charge >= 0.3 is 6.03 Å². The Hall–Kier alpha value is -3.40. The topological polar surface area (TPSA) is 120 Å². The number of carbonyl (C=O) groups excluding carboxylic acids is 2. The van der Waals surface area contributed by atoms with E-state index in [1.54, 1.807) is 36.4 Å². The molecule has 1 saturated heterocycles. The minimum atomic E-state index is -3.94. The summed E-state index contributed by atoms with van der Waals surface area (Å²) in [6.07, 6.45) is 3.56. The molecule has 1 aliphatic heterocycles. The second-order valence-electron chi connectivity index (χ2n) is 8.50. The Morgan fingerprint density at radius 3 is 2.53 bits per heavy atom. The molecule has 0 atom stereocenters. The molecule has 0 radical (unpaired) electrons. The van der Waals surface area contributed by atoms with Crippen LogP contribution in [-0.4, -0.2) is 50.7 Å². The van der Waals surface area contributed by atoms with Crippen LogP contribution in [0, 0.1) is 0 Å². The molecule has 3 N–H and O–H groups in total. The van der Waals surface area contributed by atoms with Crippen LogP contribution in [0.3, 0.4) is 0 Å². The molecule has 1 aliphatic rings. The van der Waals surface area contributed by atoms with Crippen molar-refractivity contribution < 1.29 is 18.0 Å². The Morgan fingerprint density at radius 2 is 1.76 bits per heavy atom. The number of hydrogen-bond donors (Lipinski definition) is 3. The molecule has 34 heavy (non-hydrogen) atoms. The lowest BCUT2D eigenvalue weighted by Gasteiger charge is -2.17. The van der Waals surface area contributed by atoms with Crippen LogP contribution < -0.4 is 16.0 Å². The summed E-state index contributed by atoms with van der Waals surface area (Å²) in [6.45, 7) is 4.43. The van der Waals surface area contributed by atoms with Gasteiger partial charge in [-0.25, -0.2) is 4.79 Å². The lowest BCUT2D eigenvalue weighted by atomic mass is 10.1. The molecular weight excluding hydrogens is 454 g/mol. The summed E-state index contributed by atoms with van der Waals surface area (Å²) in [4.78, 5) is 26.9. The third-order valence-electron chi connectivity index (χ3n) is 5.29. The van der Waals surface area contributed by atoms with E-state index in [0.29, 0.717) is 23.6 Å². The van der Waals surface area contributed by atoms with E-state index in [1.165, 1.54) is 12.1 Å². The highest BCUT2D eigenvalue weighted by Crippen LogP contribution is 2.22. The molecular formula is C24H31N5O4S. The number of rotatable bonds is 6. The molecule has 182 valence electrons. The largest absolute Gasteiger partial charge is 0.362 e. The number of benzene rings is 2. The average Bonchev–Trinajstić information content (AvgIpc) is 2.97. The number of likely N-dealkylation sites (tertiary alicyclic amines) is 1. The van der Waals surface area contributed by atoms with E-state index in [1.807, 2.05) is 25.8 Å². The first-order valence-corrected chi connectivity index (χ1v) is 12.7. The summed E-state index contributed by atoms with van der Waals surface area (Å²) < 4.78 is 30.0. The zero-order valence-corrected chi connectivity index (χ0v) is 20.5. The molecule has 3 amide bonds. The summed E-state index contributed by atoms with van der Waals surface area (Å²) in [6, 6.07) is 12.1. The van der Waals surface area contributed by atoms with Crippen LogP contribution in [0.25, 0.3) is 0 Å². The first kappa shape index (κ1) is 25.2. The average molecular weight is 486 g/mol. The second-order valence-corrected chi connectivity index (χ2v) is 10.1. The fraction of sp³-hybridized carbons (Fsp3) is 0.375. The molecule has 0 saturated carbocycles. The van der Waals surface area contributed by atoms with E-state index in [9.17, 15) is 18.0 Å². The lowest BCUT2D eigenvalue weighted by molar-refractivity contribution is 0.102. The Labute approximate surface area is 200 Å². The SMILES string of the molecule is CC(C)NC(=O)Nc1ccccc1C(=O)Nc1cccc(S(=O)(=O)N=C2CCCCCN2C)c1. The smallest absolute Gasteiger partial charge is 0.319 e. The van der Waals surface area contributed by atoms with E-state index in [0.717, 1.165) is 25.8 Å². The van der Waals surface area contributed by atoms with E-state index in [4.69, 9.17) is 0 Å². The van der Waals surface area contributed by atoms with Crippen LogP contribution in [0.5, 0.6) is 0 Å². The van der Waals surface area contributed by atoms with Crippen molar-refractivity contribution in [2.24, 2.45) is 4.40 Å². The molecule has 0 aliphatic carbocycles. The third kappa shape index (κ3) is 6.80. The minimum Gasteiger partial charge on any atom is -0.362 e. The number of nitrogens with zero attached hydrogens (tertiary/aromatic N) is 2. The number of para-hydroxylation sites is 1. The van der Waals surface area contributed by atoms with Crippen LogP contribution in [0.2, 0.25) is 0 Å². The Morgan fingerprint density at radius 1 is 1.00 bits per heavy atom. The molecule has 3 rings (SSSR count). The van der Waals surface area contributed by atoms with Crippen molar-refractivity contribution in [3.63, 3.8) is 0 Å². The van der Waals surface area contributed by atoms with Gasteiger partial charge in [0.1, 0.15) is 5.84 Å². The van der Waals surface area contributed by atoms with Crippen LogP contribution in [0.1, 0.15) is 49.9 Å². The number of anilines is 2. The van der Waals surface area contributed by atoms with Gasteiger partial charge in [-0.15, -0.1) is 4.40 Å². The highest BCUT2D eigenvalue weighted by Gasteiger charge is 2.20. The predicted molar refractivity (Wildman–Crippen MR) is 134 cm³/mol. The van der Waals surface area contributed by atoms with E-state index in [-0.39, 0.29) is 16.5 Å². The predicted octanol–water partition coefficient (Wildman–Crippen LogP) is 4.06. The van der Waals surface area contributed by atoms with Crippen LogP contribution >= 0.6 is 0 Å². The second kappa shape index (κ2) is 11.1. The van der Waals surface area contributed by atoms with Crippen molar-refractivity contribution in [3.8, 4) is 0 Å². The van der Waals surface area contributed by atoms with Crippen LogP contribution in [0.15, 0.2) is 57.8 Å². The van der Waals surface area contributed by atoms with Crippen molar-refractivity contribution in [2.75, 3.05) is 24.2 Å². The summed E-state index contributed by atoms with van der Waals surface area (Å²) in [5, 5.41) is 8.09. The first-order valence-electron chi connectivity index (χ1n) is 11.3. The zero-order valence-electron chi connectivity index (χ0n) is 19.7. The summed E-state index contributed by atoms with van der Waals surface area (Å²) in [5.74, 6) is 0.0661. The van der Waals surface area contributed by atoms with Gasteiger partial charge in [0.2, 0.25) is 0 Å². The molecule has 1 fully saturated rings. The third-order valence-corrected chi connectivity index (χ3v) is 6.59. The maximum Gasteiger partial charge on any atom is 0.319 e. The molecule has 0 bridgehead atoms. The van der Waals surface area contributed by atoms with Gasteiger partial charge < -0.3 is 20.9 Å². The first-order chi connectivity index (χ1) is 16.2. The van der Waals surface area contributed by atoms with Gasteiger partial charge in [-0.05, 0) is 57.0 Å². The number of sulfonamides is 1. The summed E-state index contributed by atoms with van der Waals surface area (Å²) in [7, 11) is -2.09. The molecule has 0 aromatic heterocycles. The lowest BCUT2D eigenvalue weighted by Crippen LogP contribution is -2.34. The fourth-order valence-electron chi connectivity index (χ4n) is 3.58. The summed E-state index contributed by atoms with van der Waals surface area (Å²) in [5.41, 5.74) is 0.890. The number of amides is 3. The maximum atomic E-state index is 12.9. The number of urea groups is 1. The van der Waals surface area contributed by atoms with Crippen molar-refractivity contribution in [1.29, 1.82) is 0 Å². The standard InChI is InChI=1S/C24H31N5O4S/c1-17(2)25-24(31)27-21-13-7-6-12-20(21)23(30)26-18-10-9-11-19(16-18)34(32,33)28-22-14-5-4-8-15-29(22)3/h6-7,9-13,16-17H,4-5,8,14-15H2,1-3H3,(H,26,30)(H2,25,27,31). The van der Waals surface area contributed by atoms with Crippen molar-refractivity contribution in [3.05, 3.63) is 54.1 Å². The minimum absolute atomic E-state index is 0.00170. The van der Waals surface area contributed by atoms with Gasteiger partial charge in [-0.3, -0.25) is 4.79 Å². The molecule has 0 unspecified atom stereocenters. The van der Waals surface area contributed by atoms with Gasteiger partial charge in [0.15, 0.2) is 0 Å². The van der Waals surface area contributed by atoms with Crippen molar-refractivity contribution >= 4 is 39.2 Å². The Kier molecular flexibility index (Phi) is 8.27. The van der Waals surface area contributed by atoms with E-state index >= 15 is 0 Å². The highest BCUT2D eigenvalue weighted by molar-refractivity contribution is 7.90. The number of hydrogen-bond acceptors (Lipinski definition) is 4. The Balaban J connectivity index is 1.80. The van der Waals surface area contributed by atoms with E-state index < -0.39 is 22.0 Å². The van der Waals surface area contributed by atoms with Gasteiger partial charge in [0, 0.05) is 31.7 Å². The monoisotopic (exact) mass is 485 g/mol. The van der Waals surface area contributed by atoms with Gasteiger partial charge in [0.25, 0.3) is 15.9 Å². The van der Waals surface area contributed by atoms with Crippen LogP contribution in [-0.2, 0) is 10.0 Å². The number of nitrogens with one attached hydrogen (secondary N) is 3. The molecule has 2 aromatic carbocycles. The molecule has 0 spiro atoms. The summed E-state index contributed by atoms with van der Waals surface area (Å²) >= 11 is 0. The molecule has 2 aromatic rings. The van der Waals surface area contributed by atoms with Gasteiger partial charge in [-0.1, -0.05) is 24.6 Å². The van der Waals surface area contributed by atoms with Gasteiger partial charge in [-0.2, -0.15) is 8.42 Å². The molecule has 1 heterocycles. The quantitative estimate of drug-likeness (QED) is 0.570. The van der Waals surface area contributed by atoms with E-state index in [2.05, 4.69) is 20.3 Å². The number of carbonyl (C=O) groups is 2. The highest BCUT2D eigenvalue weighted by atomic mass is 32.2. The maximum absolute atomic E-state index is 12.9. The Bertz CT molecular complexity index is 1180. The van der Waals surface area contributed by atoms with Gasteiger partial charge in [0.05, 0.1) is 16.1 Å². The van der Waals surface area contributed by atoms with Crippen molar-refractivity contribution in [2.45, 2.75) is 50.5 Å².